The molecule has 0 aliphatic heterocycles. The molecule has 3 N–H and O–H groups in total. The molecule has 0 spiro atoms. The van der Waals surface area contributed by atoms with E-state index in [1.165, 1.54) is 11.1 Å². The minimum atomic E-state index is -1.04. The highest BCUT2D eigenvalue weighted by atomic mass is 16.5. The Morgan fingerprint density at radius 1 is 1.00 bits per heavy atom. The summed E-state index contributed by atoms with van der Waals surface area (Å²) in [4.78, 5) is 35.9. The molecule has 7 nitrogen and oxygen atoms in total. The van der Waals surface area contributed by atoms with Crippen molar-refractivity contribution < 1.29 is 24.2 Å². The highest BCUT2D eigenvalue weighted by Crippen LogP contribution is 2.44. The van der Waals surface area contributed by atoms with Gasteiger partial charge in [-0.1, -0.05) is 75.7 Å². The molecule has 0 saturated carbocycles. The summed E-state index contributed by atoms with van der Waals surface area (Å²) >= 11 is 0. The number of carboxylic acid groups (broad SMARTS) is 1. The van der Waals surface area contributed by atoms with E-state index in [1.807, 2.05) is 38.1 Å². The second-order valence-electron chi connectivity index (χ2n) is 8.78. The molecule has 2 aromatic carbocycles. The van der Waals surface area contributed by atoms with Crippen molar-refractivity contribution >= 4 is 18.0 Å². The number of ether oxygens (including phenoxy) is 1. The summed E-state index contributed by atoms with van der Waals surface area (Å²) in [7, 11) is 0. The largest absolute Gasteiger partial charge is 0.480 e. The number of carbonyl (C=O) groups is 3. The molecule has 176 valence electrons. The molecule has 7 heteroatoms. The summed E-state index contributed by atoms with van der Waals surface area (Å²) < 4.78 is 5.51. The third-order valence-electron chi connectivity index (χ3n) is 6.27. The molecule has 2 amide bonds. The predicted molar refractivity (Wildman–Crippen MR) is 126 cm³/mol. The van der Waals surface area contributed by atoms with Gasteiger partial charge in [0.25, 0.3) is 0 Å². The fraction of sp³-hybridized carbons (Fsp3) is 0.423. The number of benzene rings is 2. The fourth-order valence-corrected chi connectivity index (χ4v) is 4.21. The summed E-state index contributed by atoms with van der Waals surface area (Å²) in [6.07, 6.45) is 0.229. The third kappa shape index (κ3) is 5.92. The van der Waals surface area contributed by atoms with Crippen LogP contribution in [0.3, 0.4) is 0 Å². The lowest BCUT2D eigenvalue weighted by molar-refractivity contribution is -0.143. The van der Waals surface area contributed by atoms with Gasteiger partial charge in [-0.3, -0.25) is 4.79 Å². The molecule has 0 saturated heterocycles. The normalized spacial score (nSPS) is 15.0. The maximum atomic E-state index is 12.3. The molecule has 3 atom stereocenters. The van der Waals surface area contributed by atoms with E-state index in [-0.39, 0.29) is 43.2 Å². The number of fused-ring (bicyclic) bond motifs is 3. The zero-order chi connectivity index (χ0) is 24.0. The van der Waals surface area contributed by atoms with Crippen LogP contribution in [0.15, 0.2) is 48.5 Å². The Morgan fingerprint density at radius 2 is 1.58 bits per heavy atom. The van der Waals surface area contributed by atoms with Crippen LogP contribution in [0.5, 0.6) is 0 Å². The molecule has 3 rings (SSSR count). The lowest BCUT2D eigenvalue weighted by atomic mass is 9.98. The van der Waals surface area contributed by atoms with Gasteiger partial charge in [-0.15, -0.1) is 0 Å². The van der Waals surface area contributed by atoms with Crippen LogP contribution in [0.4, 0.5) is 4.79 Å². The summed E-state index contributed by atoms with van der Waals surface area (Å²) in [5.41, 5.74) is 4.62. The first-order chi connectivity index (χ1) is 15.8. The maximum Gasteiger partial charge on any atom is 0.407 e. The molecule has 0 radical (unpaired) electrons. The Balaban J connectivity index is 1.47. The van der Waals surface area contributed by atoms with E-state index in [2.05, 4.69) is 34.9 Å². The number of hydrogen-bond donors (Lipinski definition) is 3. The monoisotopic (exact) mass is 452 g/mol. The van der Waals surface area contributed by atoms with Gasteiger partial charge >= 0.3 is 12.1 Å². The summed E-state index contributed by atoms with van der Waals surface area (Å²) in [5.74, 6) is -1.73. The molecule has 1 aliphatic carbocycles. The van der Waals surface area contributed by atoms with E-state index in [0.717, 1.165) is 11.1 Å². The van der Waals surface area contributed by atoms with Crippen LogP contribution in [0.25, 0.3) is 11.1 Å². The lowest BCUT2D eigenvalue weighted by Crippen LogP contribution is -2.45. The SMILES string of the molecule is CC[C@H](C)[C@H](NC(=O)CC(C)CNC(=O)OCC1c2ccccc2-c2ccccc21)C(=O)O. The number of rotatable bonds is 10. The number of alkyl carbamates (subject to hydrolysis) is 1. The summed E-state index contributed by atoms with van der Waals surface area (Å²) in [5, 5.41) is 14.6. The van der Waals surface area contributed by atoms with Crippen molar-refractivity contribution in [3.8, 4) is 11.1 Å². The minimum Gasteiger partial charge on any atom is -0.480 e. The molecule has 0 bridgehead atoms. The summed E-state index contributed by atoms with van der Waals surface area (Å²) in [6.45, 7) is 5.98. The van der Waals surface area contributed by atoms with E-state index in [1.54, 1.807) is 6.92 Å². The maximum absolute atomic E-state index is 12.3. The van der Waals surface area contributed by atoms with E-state index < -0.39 is 18.1 Å². The van der Waals surface area contributed by atoms with Crippen LogP contribution < -0.4 is 10.6 Å². The predicted octanol–water partition coefficient (Wildman–Crippen LogP) is 4.17. The van der Waals surface area contributed by atoms with Gasteiger partial charge in [-0.25, -0.2) is 9.59 Å². The highest BCUT2D eigenvalue weighted by molar-refractivity contribution is 5.84. The van der Waals surface area contributed by atoms with Crippen LogP contribution in [0, 0.1) is 11.8 Å². The van der Waals surface area contributed by atoms with Crippen LogP contribution in [0.2, 0.25) is 0 Å². The van der Waals surface area contributed by atoms with Crippen molar-refractivity contribution in [3.63, 3.8) is 0 Å². The molecule has 0 heterocycles. The lowest BCUT2D eigenvalue weighted by Gasteiger charge is -2.21. The van der Waals surface area contributed by atoms with Gasteiger partial charge in [0, 0.05) is 18.9 Å². The van der Waals surface area contributed by atoms with Gasteiger partial charge in [0.1, 0.15) is 12.6 Å². The van der Waals surface area contributed by atoms with Gasteiger partial charge < -0.3 is 20.5 Å². The van der Waals surface area contributed by atoms with Crippen molar-refractivity contribution in [2.24, 2.45) is 11.8 Å². The van der Waals surface area contributed by atoms with Crippen molar-refractivity contribution in [1.29, 1.82) is 0 Å². The molecule has 2 aromatic rings. The molecule has 0 aromatic heterocycles. The third-order valence-corrected chi connectivity index (χ3v) is 6.27. The topological polar surface area (TPSA) is 105 Å². The van der Waals surface area contributed by atoms with Crippen LogP contribution in [0.1, 0.15) is 50.7 Å². The standard InChI is InChI=1S/C26H32N2O5/c1-4-17(3)24(25(30)31)28-23(29)13-16(2)14-27-26(32)33-15-22-20-11-7-5-9-18(20)19-10-6-8-12-21(19)22/h5-12,16-17,22,24H,4,13-15H2,1-3H3,(H,27,32)(H,28,29)(H,30,31)/t16?,17-,24-/m0/s1. The first-order valence-corrected chi connectivity index (χ1v) is 11.4. The number of carboxylic acids is 1. The zero-order valence-electron chi connectivity index (χ0n) is 19.3. The van der Waals surface area contributed by atoms with Crippen molar-refractivity contribution in [1.82, 2.24) is 10.6 Å². The Kier molecular flexibility index (Phi) is 8.09. The van der Waals surface area contributed by atoms with Gasteiger partial charge in [-0.05, 0) is 34.1 Å². The minimum absolute atomic E-state index is 0.0140. The molecule has 0 fully saturated rings. The van der Waals surface area contributed by atoms with E-state index in [4.69, 9.17) is 4.74 Å². The Hall–Kier alpha value is -3.35. The number of carbonyl (C=O) groups excluding carboxylic acids is 2. The smallest absolute Gasteiger partial charge is 0.407 e. The Labute approximate surface area is 194 Å². The van der Waals surface area contributed by atoms with Gasteiger partial charge in [-0.2, -0.15) is 0 Å². The fourth-order valence-electron chi connectivity index (χ4n) is 4.21. The highest BCUT2D eigenvalue weighted by Gasteiger charge is 2.29. The Bertz CT molecular complexity index is 960. The first kappa shape index (κ1) is 24.3. The molecule has 1 unspecified atom stereocenters. The number of aliphatic carboxylic acids is 1. The van der Waals surface area contributed by atoms with Crippen LogP contribution in [-0.4, -0.2) is 42.3 Å². The van der Waals surface area contributed by atoms with Gasteiger partial charge in [0.05, 0.1) is 0 Å². The van der Waals surface area contributed by atoms with E-state index in [0.29, 0.717) is 6.42 Å². The van der Waals surface area contributed by atoms with Crippen LogP contribution >= 0.6 is 0 Å². The number of nitrogens with one attached hydrogen (secondary N) is 2. The second kappa shape index (κ2) is 11.0. The number of amides is 2. The van der Waals surface area contributed by atoms with Crippen molar-refractivity contribution in [2.45, 2.75) is 45.6 Å². The van der Waals surface area contributed by atoms with E-state index in [9.17, 15) is 19.5 Å². The second-order valence-corrected chi connectivity index (χ2v) is 8.78. The first-order valence-electron chi connectivity index (χ1n) is 11.4. The van der Waals surface area contributed by atoms with Crippen LogP contribution in [-0.2, 0) is 14.3 Å². The molecular weight excluding hydrogens is 420 g/mol. The molecule has 1 aliphatic rings. The Morgan fingerprint density at radius 3 is 2.12 bits per heavy atom. The average Bonchev–Trinajstić information content (AvgIpc) is 3.13. The zero-order valence-corrected chi connectivity index (χ0v) is 19.3. The van der Waals surface area contributed by atoms with Crippen molar-refractivity contribution in [3.05, 3.63) is 59.7 Å². The average molecular weight is 453 g/mol. The van der Waals surface area contributed by atoms with E-state index >= 15 is 0 Å². The summed E-state index contributed by atoms with van der Waals surface area (Å²) in [6, 6.07) is 15.4. The van der Waals surface area contributed by atoms with Crippen molar-refractivity contribution in [2.75, 3.05) is 13.2 Å². The van der Waals surface area contributed by atoms with Gasteiger partial charge in [0.15, 0.2) is 0 Å². The quantitative estimate of drug-likeness (QED) is 0.502. The van der Waals surface area contributed by atoms with Gasteiger partial charge in [0.2, 0.25) is 5.91 Å². The molecular formula is C26H32N2O5. The number of hydrogen-bond acceptors (Lipinski definition) is 4. The molecule has 33 heavy (non-hydrogen) atoms.